The van der Waals surface area contributed by atoms with Crippen molar-refractivity contribution < 1.29 is 19.1 Å². The monoisotopic (exact) mass is 294 g/mol. The maximum absolute atomic E-state index is 12.5. The Morgan fingerprint density at radius 1 is 1.24 bits per heavy atom. The second-order valence-electron chi connectivity index (χ2n) is 4.68. The van der Waals surface area contributed by atoms with Crippen molar-refractivity contribution in [3.8, 4) is 0 Å². The number of carbonyl (C=O) groups is 2. The summed E-state index contributed by atoms with van der Waals surface area (Å²) in [4.78, 5) is 25.3. The smallest absolute Gasteiger partial charge is 0.307 e. The van der Waals surface area contributed by atoms with Gasteiger partial charge in [-0.3, -0.25) is 9.59 Å². The Labute approximate surface area is 124 Å². The zero-order valence-electron chi connectivity index (χ0n) is 12.7. The van der Waals surface area contributed by atoms with E-state index >= 15 is 0 Å². The highest BCUT2D eigenvalue weighted by Crippen LogP contribution is 2.15. The summed E-state index contributed by atoms with van der Waals surface area (Å²) in [5.74, 6) is -0.531. The first-order chi connectivity index (χ1) is 9.99. The van der Waals surface area contributed by atoms with Crippen LogP contribution in [0.3, 0.4) is 0 Å². The van der Waals surface area contributed by atoms with Gasteiger partial charge in [0.05, 0.1) is 20.1 Å². The van der Waals surface area contributed by atoms with Gasteiger partial charge < -0.3 is 20.1 Å². The SMILES string of the molecule is COCCN(CCC(=O)OC)C(=O)c1ccc(C)c(N)c1. The van der Waals surface area contributed by atoms with E-state index in [2.05, 4.69) is 4.74 Å². The van der Waals surface area contributed by atoms with Crippen LogP contribution in [0.5, 0.6) is 0 Å². The van der Waals surface area contributed by atoms with E-state index < -0.39 is 0 Å². The number of aryl methyl sites for hydroxylation is 1. The molecular formula is C15H22N2O4. The Bertz CT molecular complexity index is 502. The molecule has 21 heavy (non-hydrogen) atoms. The summed E-state index contributed by atoms with van der Waals surface area (Å²) < 4.78 is 9.60. The molecule has 1 rings (SSSR count). The Balaban J connectivity index is 2.82. The van der Waals surface area contributed by atoms with Crippen molar-refractivity contribution in [1.82, 2.24) is 4.90 Å². The lowest BCUT2D eigenvalue weighted by molar-refractivity contribution is -0.140. The van der Waals surface area contributed by atoms with E-state index in [1.54, 1.807) is 30.2 Å². The Morgan fingerprint density at radius 2 is 1.95 bits per heavy atom. The van der Waals surface area contributed by atoms with Crippen molar-refractivity contribution in [1.29, 1.82) is 0 Å². The molecule has 0 aliphatic rings. The van der Waals surface area contributed by atoms with Gasteiger partial charge in [0.25, 0.3) is 5.91 Å². The third-order valence-electron chi connectivity index (χ3n) is 3.19. The molecule has 0 saturated heterocycles. The van der Waals surface area contributed by atoms with E-state index in [-0.39, 0.29) is 24.8 Å². The maximum Gasteiger partial charge on any atom is 0.307 e. The summed E-state index contributed by atoms with van der Waals surface area (Å²) in [5, 5.41) is 0. The number of carbonyl (C=O) groups excluding carboxylic acids is 2. The van der Waals surface area contributed by atoms with Gasteiger partial charge in [-0.1, -0.05) is 6.07 Å². The molecular weight excluding hydrogens is 272 g/mol. The molecule has 6 nitrogen and oxygen atoms in total. The van der Waals surface area contributed by atoms with Crippen molar-refractivity contribution in [2.45, 2.75) is 13.3 Å². The fraction of sp³-hybridized carbons (Fsp3) is 0.467. The number of esters is 1. The van der Waals surface area contributed by atoms with Crippen LogP contribution in [0.2, 0.25) is 0 Å². The lowest BCUT2D eigenvalue weighted by Crippen LogP contribution is -2.35. The summed E-state index contributed by atoms with van der Waals surface area (Å²) >= 11 is 0. The van der Waals surface area contributed by atoms with Crippen molar-refractivity contribution in [2.24, 2.45) is 0 Å². The number of nitrogens with zero attached hydrogens (tertiary/aromatic N) is 1. The highest BCUT2D eigenvalue weighted by molar-refractivity contribution is 5.95. The van der Waals surface area contributed by atoms with Crippen LogP contribution >= 0.6 is 0 Å². The molecule has 6 heteroatoms. The van der Waals surface area contributed by atoms with Crippen LogP contribution in [0.15, 0.2) is 18.2 Å². The average molecular weight is 294 g/mol. The number of rotatable bonds is 7. The van der Waals surface area contributed by atoms with E-state index in [1.165, 1.54) is 7.11 Å². The van der Waals surface area contributed by atoms with Crippen molar-refractivity contribution in [2.75, 3.05) is 39.6 Å². The molecule has 0 fully saturated rings. The number of methoxy groups -OCH3 is 2. The van der Waals surface area contributed by atoms with E-state index in [4.69, 9.17) is 10.5 Å². The molecule has 2 N–H and O–H groups in total. The van der Waals surface area contributed by atoms with E-state index in [9.17, 15) is 9.59 Å². The predicted molar refractivity (Wildman–Crippen MR) is 80.0 cm³/mol. The zero-order chi connectivity index (χ0) is 15.8. The highest BCUT2D eigenvalue weighted by Gasteiger charge is 2.17. The molecule has 1 aromatic rings. The topological polar surface area (TPSA) is 81.9 Å². The second-order valence-corrected chi connectivity index (χ2v) is 4.68. The van der Waals surface area contributed by atoms with Gasteiger partial charge >= 0.3 is 5.97 Å². The molecule has 0 spiro atoms. The van der Waals surface area contributed by atoms with Crippen LogP contribution in [0.1, 0.15) is 22.3 Å². The van der Waals surface area contributed by atoms with Gasteiger partial charge in [0, 0.05) is 31.5 Å². The number of nitrogen functional groups attached to an aromatic ring is 1. The standard InChI is InChI=1S/C15H22N2O4/c1-11-4-5-12(10-13(11)16)15(19)17(8-9-20-2)7-6-14(18)21-3/h4-5,10H,6-9,16H2,1-3H3. The number of hydrogen-bond donors (Lipinski definition) is 1. The summed E-state index contributed by atoms with van der Waals surface area (Å²) in [7, 11) is 2.89. The molecule has 116 valence electrons. The molecule has 0 radical (unpaired) electrons. The van der Waals surface area contributed by atoms with Gasteiger partial charge in [-0.05, 0) is 24.6 Å². The van der Waals surface area contributed by atoms with E-state index in [0.717, 1.165) is 5.56 Å². The number of hydrogen-bond acceptors (Lipinski definition) is 5. The number of benzene rings is 1. The molecule has 0 aromatic heterocycles. The van der Waals surface area contributed by atoms with Gasteiger partial charge in [0.15, 0.2) is 0 Å². The first kappa shape index (κ1) is 17.0. The molecule has 1 amide bonds. The van der Waals surface area contributed by atoms with Crippen LogP contribution in [0.4, 0.5) is 5.69 Å². The number of anilines is 1. The molecule has 0 atom stereocenters. The van der Waals surface area contributed by atoms with Crippen LogP contribution in [0.25, 0.3) is 0 Å². The highest BCUT2D eigenvalue weighted by atomic mass is 16.5. The largest absolute Gasteiger partial charge is 0.469 e. The predicted octanol–water partition coefficient (Wildman–Crippen LogP) is 1.23. The lowest BCUT2D eigenvalue weighted by atomic mass is 10.1. The van der Waals surface area contributed by atoms with Gasteiger partial charge in [0.1, 0.15) is 0 Å². The van der Waals surface area contributed by atoms with Gasteiger partial charge in [-0.15, -0.1) is 0 Å². The average Bonchev–Trinajstić information content (AvgIpc) is 2.49. The normalized spacial score (nSPS) is 10.2. The summed E-state index contributed by atoms with van der Waals surface area (Å²) in [6.45, 7) is 2.96. The van der Waals surface area contributed by atoms with E-state index in [0.29, 0.717) is 24.4 Å². The third-order valence-corrected chi connectivity index (χ3v) is 3.19. The van der Waals surface area contributed by atoms with Gasteiger partial charge in [0.2, 0.25) is 0 Å². The summed E-state index contributed by atoms with van der Waals surface area (Å²) in [6, 6.07) is 5.18. The number of amides is 1. The lowest BCUT2D eigenvalue weighted by Gasteiger charge is -2.22. The molecule has 0 heterocycles. The molecule has 0 aliphatic heterocycles. The van der Waals surface area contributed by atoms with E-state index in [1.807, 2.05) is 6.92 Å². The fourth-order valence-electron chi connectivity index (χ4n) is 1.80. The Kier molecular flexibility index (Phi) is 6.68. The zero-order valence-corrected chi connectivity index (χ0v) is 12.7. The molecule has 0 saturated carbocycles. The summed E-state index contributed by atoms with van der Waals surface area (Å²) in [5.41, 5.74) is 7.82. The van der Waals surface area contributed by atoms with Crippen molar-refractivity contribution >= 4 is 17.6 Å². The molecule has 0 aliphatic carbocycles. The Hall–Kier alpha value is -2.08. The first-order valence-electron chi connectivity index (χ1n) is 6.70. The molecule has 1 aromatic carbocycles. The third kappa shape index (κ3) is 5.07. The minimum absolute atomic E-state index is 0.146. The second kappa shape index (κ2) is 8.26. The summed E-state index contributed by atoms with van der Waals surface area (Å²) in [6.07, 6.45) is 0.146. The number of nitrogens with two attached hydrogens (primary N) is 1. The minimum atomic E-state index is -0.353. The molecule has 0 bridgehead atoms. The van der Waals surface area contributed by atoms with Crippen molar-refractivity contribution in [3.05, 3.63) is 29.3 Å². The molecule has 0 unspecified atom stereocenters. The fourth-order valence-corrected chi connectivity index (χ4v) is 1.80. The van der Waals surface area contributed by atoms with Gasteiger partial charge in [-0.25, -0.2) is 0 Å². The van der Waals surface area contributed by atoms with Crippen LogP contribution in [-0.2, 0) is 14.3 Å². The van der Waals surface area contributed by atoms with Crippen LogP contribution in [-0.4, -0.2) is 50.7 Å². The Morgan fingerprint density at radius 3 is 2.52 bits per heavy atom. The minimum Gasteiger partial charge on any atom is -0.469 e. The quantitative estimate of drug-likeness (QED) is 0.604. The number of ether oxygens (including phenoxy) is 2. The van der Waals surface area contributed by atoms with Crippen LogP contribution < -0.4 is 5.73 Å². The first-order valence-corrected chi connectivity index (χ1v) is 6.70. The van der Waals surface area contributed by atoms with Crippen LogP contribution in [0, 0.1) is 6.92 Å². The van der Waals surface area contributed by atoms with Gasteiger partial charge in [-0.2, -0.15) is 0 Å². The van der Waals surface area contributed by atoms with Crippen molar-refractivity contribution in [3.63, 3.8) is 0 Å². The maximum atomic E-state index is 12.5.